The molecule has 1 aromatic heterocycles. The highest BCUT2D eigenvalue weighted by Crippen LogP contribution is 2.29. The van der Waals surface area contributed by atoms with Crippen LogP contribution in [0.4, 0.5) is 5.82 Å². The SMILES string of the molecule is CN(C)c1nccc2cc([C@H]3CCCN3)ccc12. The Morgan fingerprint density at radius 2 is 2.17 bits per heavy atom. The Bertz CT molecular complexity index is 557. The van der Waals surface area contributed by atoms with Gasteiger partial charge in [-0.2, -0.15) is 0 Å². The first kappa shape index (κ1) is 11.5. The van der Waals surface area contributed by atoms with E-state index < -0.39 is 0 Å². The number of benzene rings is 1. The van der Waals surface area contributed by atoms with Crippen molar-refractivity contribution in [3.8, 4) is 0 Å². The second kappa shape index (κ2) is 4.58. The Kier molecular flexibility index (Phi) is 2.92. The van der Waals surface area contributed by atoms with Crippen LogP contribution in [0.25, 0.3) is 10.8 Å². The van der Waals surface area contributed by atoms with Gasteiger partial charge in [0.15, 0.2) is 0 Å². The molecule has 3 nitrogen and oxygen atoms in total. The molecule has 0 radical (unpaired) electrons. The summed E-state index contributed by atoms with van der Waals surface area (Å²) in [6.07, 6.45) is 4.42. The normalized spacial score (nSPS) is 19.3. The highest BCUT2D eigenvalue weighted by molar-refractivity contribution is 5.92. The molecule has 1 aromatic carbocycles. The van der Waals surface area contributed by atoms with Crippen LogP contribution in [0.1, 0.15) is 24.4 Å². The van der Waals surface area contributed by atoms with Crippen LogP contribution in [0, 0.1) is 0 Å². The standard InChI is InChI=1S/C15H19N3/c1-18(2)15-13-6-5-12(14-4-3-8-16-14)10-11(13)7-9-17-15/h5-7,9-10,14,16H,3-4,8H2,1-2H3/t14-/m1/s1. The molecule has 1 N–H and O–H groups in total. The Hall–Kier alpha value is -1.61. The minimum Gasteiger partial charge on any atom is -0.362 e. The van der Waals surface area contributed by atoms with Crippen molar-refractivity contribution in [2.24, 2.45) is 0 Å². The third kappa shape index (κ3) is 1.95. The quantitative estimate of drug-likeness (QED) is 0.876. The van der Waals surface area contributed by atoms with Gasteiger partial charge in [-0.1, -0.05) is 12.1 Å². The Morgan fingerprint density at radius 1 is 1.28 bits per heavy atom. The lowest BCUT2D eigenvalue weighted by Gasteiger charge is -2.16. The van der Waals surface area contributed by atoms with Crippen molar-refractivity contribution in [3.63, 3.8) is 0 Å². The fourth-order valence-corrected chi connectivity index (χ4v) is 2.72. The van der Waals surface area contributed by atoms with Crippen LogP contribution in [0.15, 0.2) is 30.5 Å². The molecule has 18 heavy (non-hydrogen) atoms. The monoisotopic (exact) mass is 241 g/mol. The summed E-state index contributed by atoms with van der Waals surface area (Å²) >= 11 is 0. The van der Waals surface area contributed by atoms with Crippen molar-refractivity contribution >= 4 is 16.6 Å². The maximum atomic E-state index is 4.44. The predicted octanol–water partition coefficient (Wildman–Crippen LogP) is 2.73. The zero-order chi connectivity index (χ0) is 12.5. The van der Waals surface area contributed by atoms with Gasteiger partial charge in [0.05, 0.1) is 0 Å². The molecule has 0 saturated carbocycles. The molecule has 0 aliphatic carbocycles. The van der Waals surface area contributed by atoms with E-state index in [1.165, 1.54) is 29.2 Å². The number of anilines is 1. The van der Waals surface area contributed by atoms with Gasteiger partial charge in [0.2, 0.25) is 0 Å². The molecule has 2 aromatic rings. The van der Waals surface area contributed by atoms with Crippen molar-refractivity contribution in [3.05, 3.63) is 36.0 Å². The molecule has 1 atom stereocenters. The predicted molar refractivity (Wildman–Crippen MR) is 76.0 cm³/mol. The zero-order valence-corrected chi connectivity index (χ0v) is 11.0. The zero-order valence-electron chi connectivity index (χ0n) is 11.0. The highest BCUT2D eigenvalue weighted by Gasteiger charge is 2.16. The molecule has 1 fully saturated rings. The molecule has 1 aliphatic rings. The van der Waals surface area contributed by atoms with E-state index in [-0.39, 0.29) is 0 Å². The Morgan fingerprint density at radius 3 is 2.89 bits per heavy atom. The average Bonchev–Trinajstić information content (AvgIpc) is 2.91. The molecular formula is C15H19N3. The molecule has 0 bridgehead atoms. The third-order valence-corrected chi connectivity index (χ3v) is 3.65. The first-order valence-corrected chi connectivity index (χ1v) is 6.55. The third-order valence-electron chi connectivity index (χ3n) is 3.65. The summed E-state index contributed by atoms with van der Waals surface area (Å²) < 4.78 is 0. The van der Waals surface area contributed by atoms with Gasteiger partial charge in [-0.05, 0) is 42.5 Å². The van der Waals surface area contributed by atoms with E-state index in [2.05, 4.69) is 39.5 Å². The number of nitrogens with zero attached hydrogens (tertiary/aromatic N) is 2. The van der Waals surface area contributed by atoms with Gasteiger partial charge in [0.25, 0.3) is 0 Å². The lowest BCUT2D eigenvalue weighted by atomic mass is 10.0. The summed E-state index contributed by atoms with van der Waals surface area (Å²) in [6, 6.07) is 9.37. The lowest BCUT2D eigenvalue weighted by molar-refractivity contribution is 0.648. The molecule has 0 amide bonds. The van der Waals surface area contributed by atoms with Gasteiger partial charge in [0, 0.05) is 31.7 Å². The minimum atomic E-state index is 0.533. The summed E-state index contributed by atoms with van der Waals surface area (Å²) in [5, 5.41) is 6.05. The van der Waals surface area contributed by atoms with Crippen LogP contribution in [-0.2, 0) is 0 Å². The van der Waals surface area contributed by atoms with Crippen molar-refractivity contribution < 1.29 is 0 Å². The number of rotatable bonds is 2. The van der Waals surface area contributed by atoms with Crippen LogP contribution in [0.2, 0.25) is 0 Å². The van der Waals surface area contributed by atoms with E-state index >= 15 is 0 Å². The molecule has 0 spiro atoms. The van der Waals surface area contributed by atoms with Gasteiger partial charge in [0.1, 0.15) is 5.82 Å². The van der Waals surface area contributed by atoms with Crippen LogP contribution in [-0.4, -0.2) is 25.6 Å². The first-order valence-electron chi connectivity index (χ1n) is 6.55. The minimum absolute atomic E-state index is 0.533. The van der Waals surface area contributed by atoms with E-state index in [9.17, 15) is 0 Å². The molecule has 3 heteroatoms. The molecule has 0 unspecified atom stereocenters. The molecule has 2 heterocycles. The average molecular weight is 241 g/mol. The largest absolute Gasteiger partial charge is 0.362 e. The summed E-state index contributed by atoms with van der Waals surface area (Å²) in [5.41, 5.74) is 1.40. The van der Waals surface area contributed by atoms with Crippen molar-refractivity contribution in [2.75, 3.05) is 25.5 Å². The van der Waals surface area contributed by atoms with Gasteiger partial charge >= 0.3 is 0 Å². The smallest absolute Gasteiger partial charge is 0.135 e. The number of aromatic nitrogens is 1. The van der Waals surface area contributed by atoms with Crippen molar-refractivity contribution in [2.45, 2.75) is 18.9 Å². The van der Waals surface area contributed by atoms with Gasteiger partial charge in [-0.3, -0.25) is 0 Å². The van der Waals surface area contributed by atoms with Gasteiger partial charge < -0.3 is 10.2 Å². The highest BCUT2D eigenvalue weighted by atomic mass is 15.1. The fourth-order valence-electron chi connectivity index (χ4n) is 2.72. The fraction of sp³-hybridized carbons (Fsp3) is 0.400. The number of fused-ring (bicyclic) bond motifs is 1. The second-order valence-electron chi connectivity index (χ2n) is 5.16. The number of hydrogen-bond acceptors (Lipinski definition) is 3. The second-order valence-corrected chi connectivity index (χ2v) is 5.16. The number of nitrogens with one attached hydrogen (secondary N) is 1. The summed E-state index contributed by atoms with van der Waals surface area (Å²) in [7, 11) is 4.07. The summed E-state index contributed by atoms with van der Waals surface area (Å²) in [4.78, 5) is 6.51. The van der Waals surface area contributed by atoms with E-state index in [0.29, 0.717) is 6.04 Å². The van der Waals surface area contributed by atoms with Crippen LogP contribution in [0.5, 0.6) is 0 Å². The number of hydrogen-bond donors (Lipinski definition) is 1. The van der Waals surface area contributed by atoms with Crippen LogP contribution >= 0.6 is 0 Å². The topological polar surface area (TPSA) is 28.2 Å². The van der Waals surface area contributed by atoms with E-state index in [0.717, 1.165) is 12.4 Å². The van der Waals surface area contributed by atoms with Gasteiger partial charge in [-0.25, -0.2) is 4.98 Å². The summed E-state index contributed by atoms with van der Waals surface area (Å²) in [6.45, 7) is 1.14. The van der Waals surface area contributed by atoms with Crippen LogP contribution in [0.3, 0.4) is 0 Å². The van der Waals surface area contributed by atoms with E-state index in [1.807, 2.05) is 20.3 Å². The molecule has 1 aliphatic heterocycles. The maximum Gasteiger partial charge on any atom is 0.135 e. The van der Waals surface area contributed by atoms with E-state index in [1.54, 1.807) is 0 Å². The summed E-state index contributed by atoms with van der Waals surface area (Å²) in [5.74, 6) is 1.04. The molecule has 3 rings (SSSR count). The van der Waals surface area contributed by atoms with Crippen molar-refractivity contribution in [1.29, 1.82) is 0 Å². The van der Waals surface area contributed by atoms with E-state index in [4.69, 9.17) is 0 Å². The Balaban J connectivity index is 2.07. The van der Waals surface area contributed by atoms with Crippen LogP contribution < -0.4 is 10.2 Å². The van der Waals surface area contributed by atoms with Gasteiger partial charge in [-0.15, -0.1) is 0 Å². The molecule has 1 saturated heterocycles. The Labute approximate surface area is 108 Å². The number of pyridine rings is 1. The lowest BCUT2D eigenvalue weighted by Crippen LogP contribution is -2.13. The first-order chi connectivity index (χ1) is 8.75. The van der Waals surface area contributed by atoms with Crippen molar-refractivity contribution in [1.82, 2.24) is 10.3 Å². The molecule has 94 valence electrons. The maximum absolute atomic E-state index is 4.44. The molecular weight excluding hydrogens is 222 g/mol.